The number of ether oxygens (including phenoxy) is 1. The third-order valence-corrected chi connectivity index (χ3v) is 1.59. The fraction of sp³-hybridized carbons (Fsp3) is 0.875. The van der Waals surface area contributed by atoms with Gasteiger partial charge in [-0.1, -0.05) is 13.8 Å². The van der Waals surface area contributed by atoms with Gasteiger partial charge in [-0.05, 0) is 12.8 Å². The number of carbonyl (C=O) groups is 1. The van der Waals surface area contributed by atoms with Crippen molar-refractivity contribution < 1.29 is 9.53 Å². The highest BCUT2D eigenvalue weighted by Crippen LogP contribution is 2.06. The summed E-state index contributed by atoms with van der Waals surface area (Å²) in [5, 5.41) is 0. The van der Waals surface area contributed by atoms with Crippen LogP contribution in [0.3, 0.4) is 0 Å². The lowest BCUT2D eigenvalue weighted by atomic mass is 10.1. The van der Waals surface area contributed by atoms with Gasteiger partial charge in [-0.2, -0.15) is 0 Å². The third kappa shape index (κ3) is 3.86. The van der Waals surface area contributed by atoms with Gasteiger partial charge in [-0.25, -0.2) is 4.79 Å². The summed E-state index contributed by atoms with van der Waals surface area (Å²) in [6, 6.07) is 0. The Balaban J connectivity index is 3.76. The molecule has 0 spiro atoms. The van der Waals surface area contributed by atoms with Crippen molar-refractivity contribution in [2.75, 3.05) is 14.1 Å². The number of rotatable bonds is 2. The molecular formula is C8H17NO2. The van der Waals surface area contributed by atoms with Crippen molar-refractivity contribution in [3.63, 3.8) is 0 Å². The summed E-state index contributed by atoms with van der Waals surface area (Å²) in [4.78, 5) is 12.4. The lowest BCUT2D eigenvalue weighted by molar-refractivity contribution is 0.0615. The summed E-state index contributed by atoms with van der Waals surface area (Å²) < 4.78 is 5.06. The molecule has 0 aliphatic carbocycles. The minimum atomic E-state index is -0.272. The molecule has 0 aromatic heterocycles. The lowest BCUT2D eigenvalue weighted by Gasteiger charge is -2.19. The van der Waals surface area contributed by atoms with Gasteiger partial charge in [0.15, 0.2) is 0 Å². The maximum absolute atomic E-state index is 11.0. The van der Waals surface area contributed by atoms with E-state index in [1.165, 1.54) is 4.90 Å². The van der Waals surface area contributed by atoms with E-state index in [0.717, 1.165) is 0 Å². The molecule has 66 valence electrons. The van der Waals surface area contributed by atoms with Crippen LogP contribution >= 0.6 is 0 Å². The Labute approximate surface area is 68.3 Å². The molecule has 0 saturated carbocycles. The van der Waals surface area contributed by atoms with Crippen molar-refractivity contribution in [2.45, 2.75) is 26.9 Å². The molecule has 0 aliphatic heterocycles. The number of hydrogen-bond acceptors (Lipinski definition) is 2. The van der Waals surface area contributed by atoms with Crippen LogP contribution < -0.4 is 0 Å². The molecule has 0 saturated heterocycles. The molecule has 3 heteroatoms. The lowest BCUT2D eigenvalue weighted by Crippen LogP contribution is -2.28. The Hall–Kier alpha value is -0.730. The molecular weight excluding hydrogens is 142 g/mol. The van der Waals surface area contributed by atoms with E-state index in [0.29, 0.717) is 5.92 Å². The molecule has 1 atom stereocenters. The fourth-order valence-electron chi connectivity index (χ4n) is 0.401. The van der Waals surface area contributed by atoms with E-state index in [-0.39, 0.29) is 12.2 Å². The van der Waals surface area contributed by atoms with Crippen LogP contribution in [0.5, 0.6) is 0 Å². The molecule has 0 bridgehead atoms. The second-order valence-electron chi connectivity index (χ2n) is 3.23. The van der Waals surface area contributed by atoms with Gasteiger partial charge in [0.1, 0.15) is 6.10 Å². The Morgan fingerprint density at radius 2 is 1.73 bits per heavy atom. The van der Waals surface area contributed by atoms with E-state index >= 15 is 0 Å². The topological polar surface area (TPSA) is 29.5 Å². The van der Waals surface area contributed by atoms with E-state index in [4.69, 9.17) is 4.74 Å². The minimum absolute atomic E-state index is 0.00935. The Kier molecular flexibility index (Phi) is 3.93. The molecule has 0 heterocycles. The van der Waals surface area contributed by atoms with Gasteiger partial charge >= 0.3 is 6.09 Å². The number of carbonyl (C=O) groups excluding carboxylic acids is 1. The van der Waals surface area contributed by atoms with Crippen LogP contribution in [0.2, 0.25) is 0 Å². The molecule has 0 rings (SSSR count). The van der Waals surface area contributed by atoms with Gasteiger partial charge in [0.25, 0.3) is 0 Å². The highest BCUT2D eigenvalue weighted by molar-refractivity contribution is 5.66. The van der Waals surface area contributed by atoms with Crippen LogP contribution in [0.25, 0.3) is 0 Å². The molecule has 0 N–H and O–H groups in total. The quantitative estimate of drug-likeness (QED) is 0.614. The molecule has 1 amide bonds. The predicted octanol–water partition coefficient (Wildman–Crippen LogP) is 1.73. The van der Waals surface area contributed by atoms with Crippen molar-refractivity contribution in [3.05, 3.63) is 0 Å². The van der Waals surface area contributed by atoms with E-state index in [1.54, 1.807) is 14.1 Å². The van der Waals surface area contributed by atoms with Gasteiger partial charge in [0.2, 0.25) is 0 Å². The zero-order chi connectivity index (χ0) is 9.02. The number of hydrogen-bond donors (Lipinski definition) is 0. The van der Waals surface area contributed by atoms with Crippen molar-refractivity contribution in [3.8, 4) is 0 Å². The maximum Gasteiger partial charge on any atom is 0.409 e. The summed E-state index contributed by atoms with van der Waals surface area (Å²) in [6.07, 6.45) is -0.281. The van der Waals surface area contributed by atoms with Gasteiger partial charge in [-0.15, -0.1) is 0 Å². The van der Waals surface area contributed by atoms with Crippen molar-refractivity contribution >= 4 is 6.09 Å². The molecule has 11 heavy (non-hydrogen) atoms. The van der Waals surface area contributed by atoms with Crippen LogP contribution in [-0.2, 0) is 4.74 Å². The second-order valence-corrected chi connectivity index (χ2v) is 3.23. The Bertz CT molecular complexity index is 132. The van der Waals surface area contributed by atoms with Crippen LogP contribution in [0, 0.1) is 5.92 Å². The summed E-state index contributed by atoms with van der Waals surface area (Å²) >= 11 is 0. The van der Waals surface area contributed by atoms with Crippen molar-refractivity contribution in [1.82, 2.24) is 4.90 Å². The fourth-order valence-corrected chi connectivity index (χ4v) is 0.401. The standard InChI is InChI=1S/C8H17NO2/c1-6(2)7(3)11-8(10)9(4)5/h6-7H,1-5H3/t7-/m0/s1. The predicted molar refractivity (Wildman–Crippen MR) is 44.5 cm³/mol. The van der Waals surface area contributed by atoms with Crippen LogP contribution in [0.4, 0.5) is 4.79 Å². The van der Waals surface area contributed by atoms with Crippen molar-refractivity contribution in [2.24, 2.45) is 5.92 Å². The monoisotopic (exact) mass is 159 g/mol. The second kappa shape index (κ2) is 4.21. The smallest absolute Gasteiger partial charge is 0.409 e. The molecule has 0 aromatic carbocycles. The summed E-state index contributed by atoms with van der Waals surface area (Å²) in [5.41, 5.74) is 0. The molecule has 0 aromatic rings. The summed E-state index contributed by atoms with van der Waals surface area (Å²) in [6.45, 7) is 5.94. The highest BCUT2D eigenvalue weighted by atomic mass is 16.6. The van der Waals surface area contributed by atoms with Crippen molar-refractivity contribution in [1.29, 1.82) is 0 Å². The summed E-state index contributed by atoms with van der Waals surface area (Å²) in [7, 11) is 3.35. The Morgan fingerprint density at radius 3 is 2.00 bits per heavy atom. The third-order valence-electron chi connectivity index (χ3n) is 1.59. The first-order chi connectivity index (χ1) is 4.95. The first kappa shape index (κ1) is 10.3. The number of amides is 1. The maximum atomic E-state index is 11.0. The first-order valence-electron chi connectivity index (χ1n) is 3.83. The zero-order valence-corrected chi connectivity index (χ0v) is 7.92. The first-order valence-corrected chi connectivity index (χ1v) is 3.83. The van der Waals surface area contributed by atoms with Crippen LogP contribution in [0.1, 0.15) is 20.8 Å². The van der Waals surface area contributed by atoms with Gasteiger partial charge in [-0.3, -0.25) is 0 Å². The molecule has 0 unspecified atom stereocenters. The van der Waals surface area contributed by atoms with E-state index in [1.807, 2.05) is 20.8 Å². The van der Waals surface area contributed by atoms with Gasteiger partial charge in [0, 0.05) is 14.1 Å². The summed E-state index contributed by atoms with van der Waals surface area (Å²) in [5.74, 6) is 0.374. The van der Waals surface area contributed by atoms with E-state index in [9.17, 15) is 4.79 Å². The normalized spacial score (nSPS) is 12.9. The van der Waals surface area contributed by atoms with E-state index in [2.05, 4.69) is 0 Å². The average Bonchev–Trinajstić information content (AvgIpc) is 1.87. The molecule has 3 nitrogen and oxygen atoms in total. The molecule has 0 aliphatic rings. The van der Waals surface area contributed by atoms with Gasteiger partial charge in [0.05, 0.1) is 0 Å². The number of nitrogens with zero attached hydrogens (tertiary/aromatic N) is 1. The van der Waals surface area contributed by atoms with Crippen LogP contribution in [-0.4, -0.2) is 31.2 Å². The van der Waals surface area contributed by atoms with Crippen LogP contribution in [0.15, 0.2) is 0 Å². The minimum Gasteiger partial charge on any atom is -0.446 e. The highest BCUT2D eigenvalue weighted by Gasteiger charge is 2.13. The van der Waals surface area contributed by atoms with Gasteiger partial charge < -0.3 is 9.64 Å². The Morgan fingerprint density at radius 1 is 1.27 bits per heavy atom. The van der Waals surface area contributed by atoms with E-state index < -0.39 is 0 Å². The molecule has 0 radical (unpaired) electrons. The zero-order valence-electron chi connectivity index (χ0n) is 7.92. The largest absolute Gasteiger partial charge is 0.446 e. The average molecular weight is 159 g/mol. The SMILES string of the molecule is CC(C)[C@H](C)OC(=O)N(C)C. The molecule has 0 fully saturated rings.